The lowest BCUT2D eigenvalue weighted by Crippen LogP contribution is -2.44. The summed E-state index contributed by atoms with van der Waals surface area (Å²) in [4.78, 5) is 9.79. The normalized spacial score (nSPS) is 21.0. The Morgan fingerprint density at radius 3 is 2.86 bits per heavy atom. The summed E-state index contributed by atoms with van der Waals surface area (Å²) in [5, 5.41) is 12.0. The van der Waals surface area contributed by atoms with Crippen molar-refractivity contribution in [1.82, 2.24) is 29.9 Å². The van der Waals surface area contributed by atoms with Crippen molar-refractivity contribution in [3.63, 3.8) is 0 Å². The van der Waals surface area contributed by atoms with Gasteiger partial charge in [-0.05, 0) is 38.1 Å². The van der Waals surface area contributed by atoms with Crippen LogP contribution in [0.3, 0.4) is 0 Å². The number of morpholine rings is 1. The van der Waals surface area contributed by atoms with E-state index < -0.39 is 0 Å². The van der Waals surface area contributed by atoms with Crippen molar-refractivity contribution < 1.29 is 4.74 Å². The molecule has 2 aliphatic rings. The molecule has 5 heterocycles. The molecule has 5 rings (SSSR count). The summed E-state index contributed by atoms with van der Waals surface area (Å²) in [5.74, 6) is 0.997. The molecule has 0 aromatic carbocycles. The summed E-state index contributed by atoms with van der Waals surface area (Å²) in [6, 6.07) is 4.49. The number of hydrogen-bond donors (Lipinski definition) is 1. The molecule has 1 saturated heterocycles. The van der Waals surface area contributed by atoms with Gasteiger partial charge in [0.05, 0.1) is 30.5 Å². The van der Waals surface area contributed by atoms with E-state index >= 15 is 0 Å². The highest BCUT2D eigenvalue weighted by Crippen LogP contribution is 2.35. The number of fused-ring (bicyclic) bond motifs is 1. The van der Waals surface area contributed by atoms with Gasteiger partial charge in [0.25, 0.3) is 0 Å². The Labute approximate surface area is 170 Å². The molecule has 8 heteroatoms. The number of likely N-dealkylation sites (N-methyl/N-ethyl adjacent to an activating group) is 1. The molecular weight excluding hydrogens is 366 g/mol. The minimum atomic E-state index is 0.292. The highest BCUT2D eigenvalue weighted by molar-refractivity contribution is 5.98. The SMILES string of the molecule is CC1COCCN1c1cc(C2=CCN(C)CC2)c2c(n1)c(-c1ccn[nH]1)nn2C. The number of H-pyrrole nitrogens is 1. The number of aryl methyl sites for hydroxylation is 1. The van der Waals surface area contributed by atoms with Crippen molar-refractivity contribution in [2.75, 3.05) is 44.8 Å². The molecule has 29 heavy (non-hydrogen) atoms. The second-order valence-electron chi connectivity index (χ2n) is 8.03. The molecule has 0 bridgehead atoms. The van der Waals surface area contributed by atoms with Crippen molar-refractivity contribution in [3.8, 4) is 11.4 Å². The molecule has 1 atom stereocenters. The molecular formula is C21H27N7O. The van der Waals surface area contributed by atoms with Gasteiger partial charge in [-0.3, -0.25) is 9.78 Å². The lowest BCUT2D eigenvalue weighted by atomic mass is 9.98. The van der Waals surface area contributed by atoms with Gasteiger partial charge in [-0.1, -0.05) is 6.08 Å². The van der Waals surface area contributed by atoms with Crippen LogP contribution < -0.4 is 4.90 Å². The second kappa shape index (κ2) is 7.27. The van der Waals surface area contributed by atoms with Crippen LogP contribution in [0.2, 0.25) is 0 Å². The van der Waals surface area contributed by atoms with E-state index in [1.807, 2.05) is 17.8 Å². The topological polar surface area (TPSA) is 75.1 Å². The molecule has 0 spiro atoms. The van der Waals surface area contributed by atoms with E-state index in [2.05, 4.69) is 46.1 Å². The number of ether oxygens (including phenoxy) is 1. The zero-order valence-corrected chi connectivity index (χ0v) is 17.2. The number of pyridine rings is 1. The first-order valence-corrected chi connectivity index (χ1v) is 10.2. The number of rotatable bonds is 3. The Hall–Kier alpha value is -2.71. The van der Waals surface area contributed by atoms with Crippen LogP contribution in [0.25, 0.3) is 28.0 Å². The van der Waals surface area contributed by atoms with Gasteiger partial charge in [-0.15, -0.1) is 0 Å². The smallest absolute Gasteiger partial charge is 0.136 e. The second-order valence-corrected chi connectivity index (χ2v) is 8.03. The molecule has 0 amide bonds. The first-order chi connectivity index (χ1) is 14.1. The minimum absolute atomic E-state index is 0.292. The van der Waals surface area contributed by atoms with Gasteiger partial charge in [0.2, 0.25) is 0 Å². The van der Waals surface area contributed by atoms with Crippen LogP contribution in [0.4, 0.5) is 5.82 Å². The fourth-order valence-electron chi connectivity index (χ4n) is 4.31. The number of anilines is 1. The number of nitrogens with zero attached hydrogens (tertiary/aromatic N) is 6. The maximum atomic E-state index is 5.65. The Morgan fingerprint density at radius 2 is 2.14 bits per heavy atom. The zero-order valence-electron chi connectivity index (χ0n) is 17.2. The van der Waals surface area contributed by atoms with Crippen LogP contribution >= 0.6 is 0 Å². The van der Waals surface area contributed by atoms with Crippen LogP contribution in [0, 0.1) is 0 Å². The van der Waals surface area contributed by atoms with Crippen molar-refractivity contribution in [2.45, 2.75) is 19.4 Å². The maximum Gasteiger partial charge on any atom is 0.136 e. The van der Waals surface area contributed by atoms with Gasteiger partial charge in [0.15, 0.2) is 0 Å². The van der Waals surface area contributed by atoms with Crippen molar-refractivity contribution in [2.24, 2.45) is 7.05 Å². The first kappa shape index (κ1) is 18.3. The quantitative estimate of drug-likeness (QED) is 0.736. The molecule has 3 aromatic rings. The Bertz CT molecular complexity index is 1050. The highest BCUT2D eigenvalue weighted by atomic mass is 16.5. The summed E-state index contributed by atoms with van der Waals surface area (Å²) < 4.78 is 7.61. The van der Waals surface area contributed by atoms with Gasteiger partial charge in [0.1, 0.15) is 17.0 Å². The first-order valence-electron chi connectivity index (χ1n) is 10.2. The van der Waals surface area contributed by atoms with E-state index in [9.17, 15) is 0 Å². The minimum Gasteiger partial charge on any atom is -0.377 e. The van der Waals surface area contributed by atoms with E-state index in [0.717, 1.165) is 67.5 Å². The molecule has 1 unspecified atom stereocenters. The van der Waals surface area contributed by atoms with Crippen molar-refractivity contribution in [3.05, 3.63) is 30.0 Å². The molecule has 0 aliphatic carbocycles. The predicted molar refractivity (Wildman–Crippen MR) is 114 cm³/mol. The lowest BCUT2D eigenvalue weighted by molar-refractivity contribution is 0.0985. The summed E-state index contributed by atoms with van der Waals surface area (Å²) >= 11 is 0. The molecule has 152 valence electrons. The average molecular weight is 393 g/mol. The van der Waals surface area contributed by atoms with Crippen LogP contribution in [-0.2, 0) is 11.8 Å². The van der Waals surface area contributed by atoms with E-state index in [0.29, 0.717) is 6.04 Å². The molecule has 8 nitrogen and oxygen atoms in total. The van der Waals surface area contributed by atoms with E-state index in [4.69, 9.17) is 14.8 Å². The van der Waals surface area contributed by atoms with Crippen LogP contribution in [0.1, 0.15) is 18.9 Å². The summed E-state index contributed by atoms with van der Waals surface area (Å²) in [6.45, 7) is 6.52. The van der Waals surface area contributed by atoms with Crippen LogP contribution in [-0.4, -0.2) is 75.8 Å². The van der Waals surface area contributed by atoms with Gasteiger partial charge in [-0.2, -0.15) is 10.2 Å². The van der Waals surface area contributed by atoms with E-state index in [1.165, 1.54) is 11.1 Å². The molecule has 2 aliphatic heterocycles. The monoisotopic (exact) mass is 393 g/mol. The number of aromatic amines is 1. The largest absolute Gasteiger partial charge is 0.377 e. The van der Waals surface area contributed by atoms with Crippen LogP contribution in [0.15, 0.2) is 24.4 Å². The molecule has 3 aromatic heterocycles. The van der Waals surface area contributed by atoms with Gasteiger partial charge in [0, 0.05) is 38.4 Å². The molecule has 0 radical (unpaired) electrons. The van der Waals surface area contributed by atoms with Crippen molar-refractivity contribution >= 4 is 22.4 Å². The zero-order chi connectivity index (χ0) is 20.0. The number of nitrogens with one attached hydrogen (secondary N) is 1. The third kappa shape index (κ3) is 3.22. The number of hydrogen-bond acceptors (Lipinski definition) is 6. The maximum absolute atomic E-state index is 5.65. The summed E-state index contributed by atoms with van der Waals surface area (Å²) in [5.41, 5.74) is 6.34. The third-order valence-electron chi connectivity index (χ3n) is 5.95. The molecule has 1 N–H and O–H groups in total. The molecule has 1 fully saturated rings. The van der Waals surface area contributed by atoms with E-state index in [1.54, 1.807) is 6.20 Å². The fraction of sp³-hybridized carbons (Fsp3) is 0.476. The average Bonchev–Trinajstić information content (AvgIpc) is 3.37. The fourth-order valence-corrected chi connectivity index (χ4v) is 4.31. The summed E-state index contributed by atoms with van der Waals surface area (Å²) in [6.07, 6.45) is 5.12. The predicted octanol–water partition coefficient (Wildman–Crippen LogP) is 2.30. The highest BCUT2D eigenvalue weighted by Gasteiger charge is 2.26. The molecule has 0 saturated carbocycles. The van der Waals surface area contributed by atoms with Gasteiger partial charge < -0.3 is 14.5 Å². The van der Waals surface area contributed by atoms with Crippen LogP contribution in [0.5, 0.6) is 0 Å². The van der Waals surface area contributed by atoms with Gasteiger partial charge in [-0.25, -0.2) is 4.98 Å². The number of aromatic nitrogens is 5. The van der Waals surface area contributed by atoms with E-state index in [-0.39, 0.29) is 0 Å². The Morgan fingerprint density at radius 1 is 1.24 bits per heavy atom. The Balaban J connectivity index is 1.73. The lowest BCUT2D eigenvalue weighted by Gasteiger charge is -2.34. The third-order valence-corrected chi connectivity index (χ3v) is 5.95. The standard InChI is InChI=1S/C21H27N7O/c1-14-13-29-11-10-28(14)18-12-16(15-5-8-26(2)9-6-15)21-20(23-18)19(25-27(21)3)17-4-7-22-24-17/h4-5,7,12,14H,6,8-11,13H2,1-3H3,(H,22,24). The van der Waals surface area contributed by atoms with Gasteiger partial charge >= 0.3 is 0 Å². The Kier molecular flexibility index (Phi) is 4.60. The summed E-state index contributed by atoms with van der Waals surface area (Å²) in [7, 11) is 4.16. The van der Waals surface area contributed by atoms with Crippen molar-refractivity contribution in [1.29, 1.82) is 0 Å².